The third-order valence-corrected chi connectivity index (χ3v) is 3.87. The third kappa shape index (κ3) is 2.72. The van der Waals surface area contributed by atoms with Crippen LogP contribution in [0.5, 0.6) is 0 Å². The molecule has 1 heteroatoms. The van der Waals surface area contributed by atoms with Crippen molar-refractivity contribution in [2.24, 2.45) is 5.92 Å². The highest BCUT2D eigenvalue weighted by Gasteiger charge is 2.21. The van der Waals surface area contributed by atoms with Gasteiger partial charge < -0.3 is 0 Å². The molecule has 2 aliphatic rings. The van der Waals surface area contributed by atoms with Gasteiger partial charge in [0.05, 0.1) is 0 Å². The van der Waals surface area contributed by atoms with Crippen molar-refractivity contribution in [3.05, 3.63) is 23.8 Å². The van der Waals surface area contributed by atoms with Crippen LogP contribution in [0.1, 0.15) is 39.5 Å². The van der Waals surface area contributed by atoms with Gasteiger partial charge in [0.2, 0.25) is 0 Å². The second kappa shape index (κ2) is 4.98. The first-order valence-electron chi connectivity index (χ1n) is 6.38. The fourth-order valence-corrected chi connectivity index (χ4v) is 2.57. The van der Waals surface area contributed by atoms with Crippen molar-refractivity contribution in [2.45, 2.75) is 45.6 Å². The van der Waals surface area contributed by atoms with Crippen molar-refractivity contribution < 1.29 is 0 Å². The van der Waals surface area contributed by atoms with Crippen molar-refractivity contribution in [3.8, 4) is 0 Å². The van der Waals surface area contributed by atoms with Gasteiger partial charge in [0.15, 0.2) is 0 Å². The van der Waals surface area contributed by atoms with Crippen LogP contribution in [-0.2, 0) is 0 Å². The number of hydrogen-bond donors (Lipinski definition) is 0. The molecule has 0 N–H and O–H groups in total. The quantitative estimate of drug-likeness (QED) is 0.668. The summed E-state index contributed by atoms with van der Waals surface area (Å²) >= 11 is 0. The zero-order chi connectivity index (χ0) is 10.7. The maximum atomic E-state index is 2.64. The van der Waals surface area contributed by atoms with E-state index in [1.54, 1.807) is 0 Å². The molecule has 0 saturated carbocycles. The molecule has 1 heterocycles. The number of piperidine rings is 1. The lowest BCUT2D eigenvalue weighted by Gasteiger charge is -2.36. The smallest absolute Gasteiger partial charge is 0.0316 e. The number of allylic oxidation sites excluding steroid dienone is 2. The van der Waals surface area contributed by atoms with E-state index in [0.717, 1.165) is 5.92 Å². The summed E-state index contributed by atoms with van der Waals surface area (Å²) in [6.07, 6.45) is 12.3. The molecule has 1 unspecified atom stereocenters. The van der Waals surface area contributed by atoms with E-state index < -0.39 is 0 Å². The van der Waals surface area contributed by atoms with Crippen LogP contribution >= 0.6 is 0 Å². The Morgan fingerprint density at radius 1 is 1.27 bits per heavy atom. The Labute approximate surface area is 93.9 Å². The van der Waals surface area contributed by atoms with Crippen molar-refractivity contribution in [1.29, 1.82) is 0 Å². The molecule has 0 radical (unpaired) electrons. The van der Waals surface area contributed by atoms with E-state index in [0.29, 0.717) is 6.04 Å². The average molecular weight is 205 g/mol. The molecule has 1 nitrogen and oxygen atoms in total. The normalized spacial score (nSPS) is 26.4. The predicted octanol–water partition coefficient (Wildman–Crippen LogP) is 3.38. The molecule has 0 aromatic heterocycles. The summed E-state index contributed by atoms with van der Waals surface area (Å²) < 4.78 is 0. The van der Waals surface area contributed by atoms with Gasteiger partial charge in [-0.1, -0.05) is 25.2 Å². The lowest BCUT2D eigenvalue weighted by Crippen LogP contribution is -2.40. The Morgan fingerprint density at radius 2 is 2.00 bits per heavy atom. The minimum atomic E-state index is 0.633. The Kier molecular flexibility index (Phi) is 3.63. The molecule has 1 aliphatic heterocycles. The van der Waals surface area contributed by atoms with Crippen LogP contribution in [0.25, 0.3) is 0 Å². The highest BCUT2D eigenvalue weighted by Crippen LogP contribution is 2.23. The summed E-state index contributed by atoms with van der Waals surface area (Å²) in [5, 5.41) is 0. The Balaban J connectivity index is 1.92. The Hall–Kier alpha value is -0.560. The molecule has 0 amide bonds. The molecular formula is C14H23N. The molecule has 1 saturated heterocycles. The summed E-state index contributed by atoms with van der Waals surface area (Å²) in [5.74, 6) is 0.935. The van der Waals surface area contributed by atoms with E-state index in [4.69, 9.17) is 0 Å². The van der Waals surface area contributed by atoms with Crippen LogP contribution < -0.4 is 0 Å². The van der Waals surface area contributed by atoms with Crippen molar-refractivity contribution in [2.75, 3.05) is 13.1 Å². The summed E-state index contributed by atoms with van der Waals surface area (Å²) in [4.78, 5) is 2.64. The lowest BCUT2D eigenvalue weighted by molar-refractivity contribution is 0.165. The van der Waals surface area contributed by atoms with Gasteiger partial charge in [-0.25, -0.2) is 0 Å². The minimum absolute atomic E-state index is 0.633. The van der Waals surface area contributed by atoms with Crippen LogP contribution in [0, 0.1) is 5.92 Å². The summed E-state index contributed by atoms with van der Waals surface area (Å²) in [5.41, 5.74) is 1.54. The molecule has 1 fully saturated rings. The molecule has 0 spiro atoms. The van der Waals surface area contributed by atoms with E-state index in [9.17, 15) is 0 Å². The zero-order valence-corrected chi connectivity index (χ0v) is 10.1. The van der Waals surface area contributed by atoms with Gasteiger partial charge in [-0.15, -0.1) is 0 Å². The first kappa shape index (κ1) is 10.9. The fraction of sp³-hybridized carbons (Fsp3) is 0.714. The van der Waals surface area contributed by atoms with Gasteiger partial charge in [-0.05, 0) is 57.2 Å². The topological polar surface area (TPSA) is 3.24 Å². The molecule has 0 bridgehead atoms. The van der Waals surface area contributed by atoms with E-state index in [1.807, 2.05) is 0 Å². The number of nitrogens with zero attached hydrogens (tertiary/aromatic N) is 1. The number of rotatable bonds is 2. The molecule has 0 aromatic carbocycles. The van der Waals surface area contributed by atoms with Crippen LogP contribution in [0.4, 0.5) is 0 Å². The zero-order valence-electron chi connectivity index (χ0n) is 10.1. The first-order valence-corrected chi connectivity index (χ1v) is 6.38. The highest BCUT2D eigenvalue weighted by atomic mass is 15.2. The second-order valence-electron chi connectivity index (χ2n) is 5.08. The Bertz CT molecular complexity index is 257. The highest BCUT2D eigenvalue weighted by molar-refractivity contribution is 5.27. The van der Waals surface area contributed by atoms with Crippen molar-refractivity contribution >= 4 is 0 Å². The summed E-state index contributed by atoms with van der Waals surface area (Å²) in [6, 6.07) is 0.633. The van der Waals surface area contributed by atoms with Gasteiger partial charge in [-0.2, -0.15) is 0 Å². The average Bonchev–Trinajstić information content (AvgIpc) is 2.30. The van der Waals surface area contributed by atoms with E-state index in [1.165, 1.54) is 44.3 Å². The van der Waals surface area contributed by atoms with Crippen LogP contribution in [0.15, 0.2) is 23.8 Å². The summed E-state index contributed by atoms with van der Waals surface area (Å²) in [7, 11) is 0. The maximum absolute atomic E-state index is 2.64. The first-order chi connectivity index (χ1) is 7.27. The minimum Gasteiger partial charge on any atom is -0.297 e. The molecular weight excluding hydrogens is 182 g/mol. The SMILES string of the molecule is CC1CCN(C(C)C2=CCCC=C2)CC1. The van der Waals surface area contributed by atoms with Gasteiger partial charge in [0, 0.05) is 6.04 Å². The standard InChI is InChI=1S/C14H23N/c1-12-8-10-15(11-9-12)13(2)14-6-4-3-5-7-14/h4,6-7,12-13H,3,5,8-11H2,1-2H3. The van der Waals surface area contributed by atoms with Gasteiger partial charge in [-0.3, -0.25) is 4.90 Å². The van der Waals surface area contributed by atoms with Gasteiger partial charge >= 0.3 is 0 Å². The monoisotopic (exact) mass is 205 g/mol. The second-order valence-corrected chi connectivity index (χ2v) is 5.08. The molecule has 1 aliphatic carbocycles. The summed E-state index contributed by atoms with van der Waals surface area (Å²) in [6.45, 7) is 7.31. The van der Waals surface area contributed by atoms with Gasteiger partial charge in [0.25, 0.3) is 0 Å². The Morgan fingerprint density at radius 3 is 2.60 bits per heavy atom. The maximum Gasteiger partial charge on any atom is 0.0316 e. The largest absolute Gasteiger partial charge is 0.297 e. The molecule has 1 atom stereocenters. The number of hydrogen-bond acceptors (Lipinski definition) is 1. The molecule has 2 rings (SSSR count). The van der Waals surface area contributed by atoms with Crippen molar-refractivity contribution in [3.63, 3.8) is 0 Å². The van der Waals surface area contributed by atoms with Gasteiger partial charge in [0.1, 0.15) is 0 Å². The van der Waals surface area contributed by atoms with Crippen LogP contribution in [-0.4, -0.2) is 24.0 Å². The number of likely N-dealkylation sites (tertiary alicyclic amines) is 1. The third-order valence-electron chi connectivity index (χ3n) is 3.87. The van der Waals surface area contributed by atoms with E-state index >= 15 is 0 Å². The van der Waals surface area contributed by atoms with Crippen LogP contribution in [0.3, 0.4) is 0 Å². The molecule has 0 aromatic rings. The van der Waals surface area contributed by atoms with Crippen LogP contribution in [0.2, 0.25) is 0 Å². The predicted molar refractivity (Wildman–Crippen MR) is 65.9 cm³/mol. The van der Waals surface area contributed by atoms with E-state index in [2.05, 4.69) is 37.0 Å². The van der Waals surface area contributed by atoms with Crippen molar-refractivity contribution in [1.82, 2.24) is 4.90 Å². The molecule has 15 heavy (non-hydrogen) atoms. The van der Waals surface area contributed by atoms with E-state index in [-0.39, 0.29) is 0 Å². The fourth-order valence-electron chi connectivity index (χ4n) is 2.57. The molecule has 84 valence electrons. The lowest BCUT2D eigenvalue weighted by atomic mass is 9.94.